The van der Waals surface area contributed by atoms with E-state index in [0.717, 1.165) is 0 Å². The molecule has 6 aromatic rings. The van der Waals surface area contributed by atoms with Crippen molar-refractivity contribution in [3.63, 3.8) is 0 Å². The van der Waals surface area contributed by atoms with Crippen molar-refractivity contribution in [2.24, 2.45) is 0 Å². The van der Waals surface area contributed by atoms with Crippen LogP contribution in [-0.4, -0.2) is 53.6 Å². The molecule has 1 nitrogen and oxygen atoms in total. The number of rotatable bonds is 2. The summed E-state index contributed by atoms with van der Waals surface area (Å²) in [5, 5.41) is 0. The number of hydrogen-bond donors (Lipinski definition) is 0. The minimum atomic E-state index is -0.759. The van der Waals surface area contributed by atoms with Gasteiger partial charge in [-0.3, -0.25) is 0 Å². The van der Waals surface area contributed by atoms with Crippen molar-refractivity contribution in [1.82, 2.24) is 0 Å². The molecule has 0 saturated carbocycles. The maximum atomic E-state index is 8.00. The van der Waals surface area contributed by atoms with Gasteiger partial charge in [-0.05, 0) is 0 Å². The van der Waals surface area contributed by atoms with Crippen LogP contribution in [0.2, 0.25) is 0 Å². The standard InChI is InChI=1S/4C5H5.4C5H4.4Fe.O.2Tl/c8*1-2-4-5-3-1;;;;;;;/h4*1-5H;4*1-4H;;;;;;;/q4*-1;;;2*-1;;3*+2;;;. The van der Waals surface area contributed by atoms with Gasteiger partial charge >= 0.3 is 228 Å². The van der Waals surface area contributed by atoms with Gasteiger partial charge in [-0.15, -0.1) is 0 Å². The minimum absolute atomic E-state index is 0. The van der Waals surface area contributed by atoms with Gasteiger partial charge in [0.05, 0.1) is 0 Å². The second-order valence-electron chi connectivity index (χ2n) is 9.01. The van der Waals surface area contributed by atoms with Crippen molar-refractivity contribution in [3.8, 4) is 0 Å². The molecule has 0 heterocycles. The Bertz CT molecular complexity index is 1280. The van der Waals surface area contributed by atoms with Crippen LogP contribution in [0.3, 0.4) is 0 Å². The molecule has 0 aliphatic heterocycles. The van der Waals surface area contributed by atoms with E-state index in [9.17, 15) is 0 Å². The van der Waals surface area contributed by atoms with E-state index in [1.807, 2.05) is 137 Å². The molecule has 0 saturated heterocycles. The van der Waals surface area contributed by atoms with Gasteiger partial charge in [0.15, 0.2) is 0 Å². The molecular formula is C40H36Fe4OTl2. The van der Waals surface area contributed by atoms with Crippen LogP contribution in [0.5, 0.6) is 0 Å². The third kappa shape index (κ3) is 27.1. The van der Waals surface area contributed by atoms with Gasteiger partial charge in [-0.25, -0.2) is 48.5 Å². The van der Waals surface area contributed by atoms with Crippen LogP contribution in [0.25, 0.3) is 0 Å². The Hall–Kier alpha value is -1.48. The molecule has 6 aromatic carbocycles. The zero-order chi connectivity index (χ0) is 31.2. The van der Waals surface area contributed by atoms with Crippen LogP contribution >= 0.6 is 0 Å². The van der Waals surface area contributed by atoms with Gasteiger partial charge in [-0.2, -0.15) is 72.8 Å². The molecule has 0 aromatic heterocycles. The van der Waals surface area contributed by atoms with Crippen molar-refractivity contribution in [3.05, 3.63) is 218 Å². The predicted molar refractivity (Wildman–Crippen MR) is 190 cm³/mol. The van der Waals surface area contributed by atoms with E-state index >= 15 is 0 Å². The van der Waals surface area contributed by atoms with Crippen LogP contribution in [0, 0.1) is 0 Å². The molecule has 7 heteroatoms. The molecule has 0 bridgehead atoms. The Balaban J connectivity index is 0. The van der Waals surface area contributed by atoms with Gasteiger partial charge in [-0.1, -0.05) is 0 Å². The summed E-state index contributed by atoms with van der Waals surface area (Å²) >= 11 is 0.481. The quantitative estimate of drug-likeness (QED) is 0.129. The van der Waals surface area contributed by atoms with E-state index in [1.165, 1.54) is 0 Å². The fourth-order valence-corrected chi connectivity index (χ4v) is 13.0. The molecule has 0 amide bonds. The van der Waals surface area contributed by atoms with E-state index < -0.39 is 47.5 Å². The summed E-state index contributed by atoms with van der Waals surface area (Å²) in [5.41, 5.74) is 0. The maximum Gasteiger partial charge on any atom is -0.172 e. The molecular weight excluding hydrogens is 1130 g/mol. The van der Waals surface area contributed by atoms with Gasteiger partial charge in [0, 0.05) is 0 Å². The fraction of sp³-hybridized carbons (Fsp3) is 0. The van der Waals surface area contributed by atoms with E-state index in [2.05, 4.69) is 97.1 Å². The summed E-state index contributed by atoms with van der Waals surface area (Å²) in [5.74, 6) is 0. The summed E-state index contributed by atoms with van der Waals surface area (Å²) in [6.07, 6.45) is 17.5. The predicted octanol–water partition coefficient (Wildman–Crippen LogP) is 7.56. The van der Waals surface area contributed by atoms with Gasteiger partial charge in [0.2, 0.25) is 0 Å². The first-order chi connectivity index (χ1) is 21.9. The fourth-order valence-electron chi connectivity index (χ4n) is 3.61. The Morgan fingerprint density at radius 1 is 0.383 bits per heavy atom. The van der Waals surface area contributed by atoms with Crippen molar-refractivity contribution in [1.29, 1.82) is 0 Å². The third-order valence-electron chi connectivity index (χ3n) is 5.64. The van der Waals surface area contributed by atoms with E-state index in [4.69, 9.17) is 3.83 Å². The molecule has 0 unspecified atom stereocenters. The second kappa shape index (κ2) is 35.8. The van der Waals surface area contributed by atoms with Crippen molar-refractivity contribution in [2.75, 3.05) is 0 Å². The molecule has 240 valence electrons. The Morgan fingerprint density at radius 3 is 0.766 bits per heavy atom. The van der Waals surface area contributed by atoms with Gasteiger partial charge in [0.1, 0.15) is 0 Å². The molecule has 0 radical (unpaired) electrons. The Labute approximate surface area is 345 Å². The summed E-state index contributed by atoms with van der Waals surface area (Å²) < 4.78 is 14.4. The van der Waals surface area contributed by atoms with Crippen LogP contribution in [-0.2, 0) is 71.0 Å². The third-order valence-corrected chi connectivity index (χ3v) is 16.8. The van der Waals surface area contributed by atoms with E-state index in [-0.39, 0.29) is 51.2 Å². The maximum absolute atomic E-state index is 8.00. The van der Waals surface area contributed by atoms with Crippen molar-refractivity contribution >= 4 is 59.9 Å². The monoisotopic (exact) mass is 1170 g/mol. The zero-order valence-corrected chi connectivity index (χ0v) is 39.2. The SMILES string of the molecule is C1=C[C](=[Tl][c-]2cccc2)C=C1.C1=C[C](=[Tl][c-]2cccc2)C=C1.[Fe+2].[Fe+2].[Fe+2].[O]=[Fe].c1cc[cH-]c1.c1cc[cH-]c1.c1cc[cH-]c1.c1cc[cH-]c1. The number of allylic oxidation sites excluding steroid dienone is 8. The molecule has 8 rings (SSSR count). The van der Waals surface area contributed by atoms with Crippen LogP contribution in [0.15, 0.2) is 218 Å². The first-order valence-electron chi connectivity index (χ1n) is 14.3. The van der Waals surface area contributed by atoms with E-state index in [1.54, 1.807) is 12.4 Å². The summed E-state index contributed by atoms with van der Waals surface area (Å²) in [6.45, 7) is 0. The van der Waals surface area contributed by atoms with Crippen molar-refractivity contribution < 1.29 is 71.0 Å². The first kappa shape index (κ1) is 47.6. The molecule has 0 fully saturated rings. The van der Waals surface area contributed by atoms with Crippen LogP contribution in [0.1, 0.15) is 0 Å². The topological polar surface area (TPSA) is 17.1 Å². The first-order valence-corrected chi connectivity index (χ1v) is 23.7. The number of hydrogen-bond acceptors (Lipinski definition) is 1. The second-order valence-corrected chi connectivity index (χ2v) is 21.6. The van der Waals surface area contributed by atoms with Gasteiger partial charge in [0.25, 0.3) is 0 Å². The largest absolute Gasteiger partial charge is 0.214 e. The molecule has 0 atom stereocenters. The molecule has 0 spiro atoms. The molecule has 47 heavy (non-hydrogen) atoms. The van der Waals surface area contributed by atoms with E-state index in [0.29, 0.717) is 0 Å². The van der Waals surface area contributed by atoms with Gasteiger partial charge < -0.3 is 0 Å². The summed E-state index contributed by atoms with van der Waals surface area (Å²) in [7, 11) is 0. The Morgan fingerprint density at radius 2 is 0.596 bits per heavy atom. The molecule has 0 N–H and O–H groups in total. The van der Waals surface area contributed by atoms with Crippen molar-refractivity contribution in [2.45, 2.75) is 0 Å². The smallest absolute Gasteiger partial charge is 0.172 e. The van der Waals surface area contributed by atoms with Crippen LogP contribution < -0.4 is 6.25 Å². The zero-order valence-electron chi connectivity index (χ0n) is 25.8. The minimum Gasteiger partial charge on any atom is -0.214 e. The summed E-state index contributed by atoms with van der Waals surface area (Å²) in [6, 6.07) is 57.5. The molecule has 2 aliphatic rings. The summed E-state index contributed by atoms with van der Waals surface area (Å²) in [4.78, 5) is 0. The molecule has 2 aliphatic carbocycles. The Kier molecular flexibility index (Phi) is 36.3. The average molecular weight is 1160 g/mol. The normalized spacial score (nSPS) is 10.1. The van der Waals surface area contributed by atoms with Crippen LogP contribution in [0.4, 0.5) is 0 Å². The average Bonchev–Trinajstić information content (AvgIpc) is 3.96.